The topological polar surface area (TPSA) is 103 Å². The maximum Gasteiger partial charge on any atom is 0.345 e. The number of amides is 1. The maximum atomic E-state index is 12.9. The van der Waals surface area contributed by atoms with Gasteiger partial charge in [-0.05, 0) is 42.8 Å². The molecule has 3 rings (SSSR count). The Balaban J connectivity index is 1.62. The standard InChI is InChI=1S/C25H28ClN3O5/c1-18(24(30)29-15-13-28(14-16-29)12-4-11-27)33-22-6-3-2-5-19(22)17-23(25(31)32)34-21-9-7-20(26)8-10-21/h2-3,5-10,18,23H,4,12-17H2,1H3,(H,31,32). The molecule has 2 unspecified atom stereocenters. The molecule has 2 aromatic carbocycles. The molecule has 2 aromatic rings. The second-order valence-corrected chi connectivity index (χ2v) is 8.48. The minimum Gasteiger partial charge on any atom is -0.481 e. The average molecular weight is 486 g/mol. The molecule has 34 heavy (non-hydrogen) atoms. The molecule has 1 fully saturated rings. The minimum absolute atomic E-state index is 0.0621. The number of hydrogen-bond acceptors (Lipinski definition) is 6. The summed E-state index contributed by atoms with van der Waals surface area (Å²) in [6.07, 6.45) is -1.33. The van der Waals surface area contributed by atoms with Gasteiger partial charge in [-0.2, -0.15) is 5.26 Å². The average Bonchev–Trinajstić information content (AvgIpc) is 2.84. The van der Waals surface area contributed by atoms with Crippen LogP contribution in [0.15, 0.2) is 48.5 Å². The summed E-state index contributed by atoms with van der Waals surface area (Å²) in [5.74, 6) is -0.389. The van der Waals surface area contributed by atoms with Crippen LogP contribution in [0.3, 0.4) is 0 Å². The largest absolute Gasteiger partial charge is 0.481 e. The quantitative estimate of drug-likeness (QED) is 0.551. The van der Waals surface area contributed by atoms with Gasteiger partial charge < -0.3 is 19.5 Å². The molecule has 1 N–H and O–H groups in total. The van der Waals surface area contributed by atoms with Crippen molar-refractivity contribution in [2.45, 2.75) is 32.0 Å². The number of aliphatic carboxylic acids is 1. The summed E-state index contributed by atoms with van der Waals surface area (Å²) in [5, 5.41) is 18.9. The van der Waals surface area contributed by atoms with Crippen LogP contribution in [0.4, 0.5) is 0 Å². The highest BCUT2D eigenvalue weighted by Gasteiger charge is 2.27. The number of ether oxygens (including phenoxy) is 2. The number of carboxylic acids is 1. The van der Waals surface area contributed by atoms with Crippen molar-refractivity contribution in [2.24, 2.45) is 0 Å². The number of piperazine rings is 1. The van der Waals surface area contributed by atoms with Crippen molar-refractivity contribution in [3.8, 4) is 17.6 Å². The Bertz CT molecular complexity index is 1020. The Morgan fingerprint density at radius 3 is 2.41 bits per heavy atom. The SMILES string of the molecule is CC(Oc1ccccc1CC(Oc1ccc(Cl)cc1)C(=O)O)C(=O)N1CCN(CCC#N)CC1. The van der Waals surface area contributed by atoms with E-state index in [1.807, 2.05) is 0 Å². The van der Waals surface area contributed by atoms with Crippen LogP contribution in [0.25, 0.3) is 0 Å². The zero-order chi connectivity index (χ0) is 24.5. The lowest BCUT2D eigenvalue weighted by Gasteiger charge is -2.35. The first-order valence-corrected chi connectivity index (χ1v) is 11.5. The van der Waals surface area contributed by atoms with Gasteiger partial charge in [0, 0.05) is 50.6 Å². The van der Waals surface area contributed by atoms with Crippen LogP contribution in [0.2, 0.25) is 5.02 Å². The molecule has 1 aliphatic rings. The summed E-state index contributed by atoms with van der Waals surface area (Å²) in [6.45, 7) is 5.00. The molecule has 2 atom stereocenters. The van der Waals surface area contributed by atoms with Crippen molar-refractivity contribution < 1.29 is 24.2 Å². The first kappa shape index (κ1) is 25.3. The van der Waals surface area contributed by atoms with Crippen molar-refractivity contribution in [2.75, 3.05) is 32.7 Å². The molecule has 0 aromatic heterocycles. The van der Waals surface area contributed by atoms with E-state index in [2.05, 4.69) is 11.0 Å². The van der Waals surface area contributed by atoms with E-state index in [1.165, 1.54) is 0 Å². The molecular formula is C25H28ClN3O5. The summed E-state index contributed by atoms with van der Waals surface area (Å²) in [5.41, 5.74) is 0.629. The summed E-state index contributed by atoms with van der Waals surface area (Å²) in [4.78, 5) is 28.7. The Morgan fingerprint density at radius 2 is 1.76 bits per heavy atom. The van der Waals surface area contributed by atoms with Crippen molar-refractivity contribution in [1.29, 1.82) is 5.26 Å². The monoisotopic (exact) mass is 485 g/mol. The number of halogens is 1. The first-order chi connectivity index (χ1) is 16.4. The Labute approximate surface area is 204 Å². The van der Waals surface area contributed by atoms with E-state index in [0.717, 1.165) is 13.1 Å². The third-order valence-electron chi connectivity index (χ3n) is 5.62. The second kappa shape index (κ2) is 12.3. The minimum atomic E-state index is -1.14. The van der Waals surface area contributed by atoms with Crippen LogP contribution in [0.5, 0.6) is 11.5 Å². The highest BCUT2D eigenvalue weighted by Crippen LogP contribution is 2.24. The lowest BCUT2D eigenvalue weighted by atomic mass is 10.1. The van der Waals surface area contributed by atoms with Gasteiger partial charge in [0.15, 0.2) is 12.2 Å². The van der Waals surface area contributed by atoms with Crippen molar-refractivity contribution in [1.82, 2.24) is 9.80 Å². The Kier molecular flexibility index (Phi) is 9.14. The molecule has 8 nitrogen and oxygen atoms in total. The fourth-order valence-corrected chi connectivity index (χ4v) is 3.87. The van der Waals surface area contributed by atoms with E-state index in [9.17, 15) is 14.7 Å². The zero-order valence-corrected chi connectivity index (χ0v) is 19.8. The molecule has 0 saturated carbocycles. The first-order valence-electron chi connectivity index (χ1n) is 11.1. The number of carboxylic acid groups (broad SMARTS) is 1. The van der Waals surface area contributed by atoms with E-state index in [-0.39, 0.29) is 12.3 Å². The van der Waals surface area contributed by atoms with Crippen molar-refractivity contribution in [3.05, 3.63) is 59.1 Å². The number of hydrogen-bond donors (Lipinski definition) is 1. The number of para-hydroxylation sites is 1. The molecule has 0 radical (unpaired) electrons. The molecule has 9 heteroatoms. The van der Waals surface area contributed by atoms with Crippen LogP contribution in [-0.4, -0.2) is 71.7 Å². The highest BCUT2D eigenvalue weighted by atomic mass is 35.5. The van der Waals surface area contributed by atoms with Gasteiger partial charge in [0.25, 0.3) is 5.91 Å². The van der Waals surface area contributed by atoms with Gasteiger partial charge in [-0.3, -0.25) is 9.69 Å². The second-order valence-electron chi connectivity index (χ2n) is 8.05. The van der Waals surface area contributed by atoms with Gasteiger partial charge >= 0.3 is 5.97 Å². The molecule has 0 spiro atoms. The molecule has 0 aliphatic carbocycles. The van der Waals surface area contributed by atoms with Crippen molar-refractivity contribution >= 4 is 23.5 Å². The molecule has 1 saturated heterocycles. The third-order valence-corrected chi connectivity index (χ3v) is 5.87. The van der Waals surface area contributed by atoms with Gasteiger partial charge in [0.1, 0.15) is 11.5 Å². The highest BCUT2D eigenvalue weighted by molar-refractivity contribution is 6.30. The molecule has 180 valence electrons. The summed E-state index contributed by atoms with van der Waals surface area (Å²) >= 11 is 5.89. The van der Waals surface area contributed by atoms with Crippen molar-refractivity contribution in [3.63, 3.8) is 0 Å². The maximum absolute atomic E-state index is 12.9. The number of carbonyl (C=O) groups excluding carboxylic acids is 1. The number of nitriles is 1. The lowest BCUT2D eigenvalue weighted by molar-refractivity contribution is -0.145. The van der Waals surface area contributed by atoms with Crippen LogP contribution >= 0.6 is 11.6 Å². The number of nitrogens with zero attached hydrogens (tertiary/aromatic N) is 3. The molecule has 1 amide bonds. The smallest absolute Gasteiger partial charge is 0.345 e. The Hall–Kier alpha value is -3.28. The van der Waals surface area contributed by atoms with E-state index >= 15 is 0 Å². The van der Waals surface area contributed by atoms with Crippen LogP contribution in [0.1, 0.15) is 18.9 Å². The fourth-order valence-electron chi connectivity index (χ4n) is 3.74. The van der Waals surface area contributed by atoms with Gasteiger partial charge in [-0.25, -0.2) is 4.79 Å². The van der Waals surface area contributed by atoms with E-state index < -0.39 is 18.2 Å². The van der Waals surface area contributed by atoms with E-state index in [1.54, 1.807) is 60.4 Å². The zero-order valence-electron chi connectivity index (χ0n) is 19.0. The normalized spacial score (nSPS) is 15.7. The third kappa shape index (κ3) is 7.11. The van der Waals surface area contributed by atoms with Gasteiger partial charge in [0.05, 0.1) is 6.07 Å². The van der Waals surface area contributed by atoms with Crippen LogP contribution in [0, 0.1) is 11.3 Å². The summed E-state index contributed by atoms with van der Waals surface area (Å²) < 4.78 is 11.6. The Morgan fingerprint density at radius 1 is 1.09 bits per heavy atom. The van der Waals surface area contributed by atoms with Gasteiger partial charge in [-0.1, -0.05) is 29.8 Å². The predicted octanol–water partition coefficient (Wildman–Crippen LogP) is 3.24. The molecular weight excluding hydrogens is 458 g/mol. The number of benzene rings is 2. The predicted molar refractivity (Wildman–Crippen MR) is 127 cm³/mol. The van der Waals surface area contributed by atoms with Crippen LogP contribution < -0.4 is 9.47 Å². The fraction of sp³-hybridized carbons (Fsp3) is 0.400. The molecule has 1 heterocycles. The van der Waals surface area contributed by atoms with Gasteiger partial charge in [-0.15, -0.1) is 0 Å². The number of carbonyl (C=O) groups is 2. The summed E-state index contributed by atoms with van der Waals surface area (Å²) in [7, 11) is 0. The van der Waals surface area contributed by atoms with E-state index in [0.29, 0.717) is 48.1 Å². The molecule has 1 aliphatic heterocycles. The molecule has 0 bridgehead atoms. The van der Waals surface area contributed by atoms with Crippen LogP contribution in [-0.2, 0) is 16.0 Å². The summed E-state index contributed by atoms with van der Waals surface area (Å²) in [6, 6.07) is 15.7. The lowest BCUT2D eigenvalue weighted by Crippen LogP contribution is -2.52. The number of rotatable bonds is 10. The van der Waals surface area contributed by atoms with E-state index in [4.69, 9.17) is 26.3 Å². The van der Waals surface area contributed by atoms with Gasteiger partial charge in [0.2, 0.25) is 0 Å².